The molecule has 4 rings (SSSR count). The average molecular weight is 349 g/mol. The Morgan fingerprint density at radius 3 is 2.42 bits per heavy atom. The molecule has 2 aromatic rings. The molecule has 0 unspecified atom stereocenters. The van der Waals surface area contributed by atoms with Gasteiger partial charge in [0.1, 0.15) is 0 Å². The minimum absolute atomic E-state index is 0.690. The lowest BCUT2D eigenvalue weighted by Gasteiger charge is -2.36. The van der Waals surface area contributed by atoms with Gasteiger partial charge in [0.2, 0.25) is 0 Å². The molecular formula is C21H27N5. The molecule has 0 spiro atoms. The van der Waals surface area contributed by atoms with Gasteiger partial charge in [-0.15, -0.1) is 0 Å². The van der Waals surface area contributed by atoms with Gasteiger partial charge in [0, 0.05) is 37.0 Å². The highest BCUT2D eigenvalue weighted by molar-refractivity contribution is 5.63. The smallest absolute Gasteiger partial charge is 0.0991 e. The summed E-state index contributed by atoms with van der Waals surface area (Å²) in [4.78, 5) is 5.26. The fraction of sp³-hybridized carbons (Fsp3) is 0.524. The standard InChI is InChI=1S/C21H27N5/c1-24-15-19(21(23-24)18-6-4-17(14-22)5-7-18)16-25-12-8-20(9-13-25)26-10-2-3-11-26/h4-7,15,20H,2-3,8-13,16H2,1H3. The molecule has 2 aliphatic rings. The molecule has 136 valence electrons. The molecule has 2 saturated heterocycles. The van der Waals surface area contributed by atoms with Crippen molar-refractivity contribution < 1.29 is 0 Å². The van der Waals surface area contributed by atoms with Crippen LogP contribution in [0.3, 0.4) is 0 Å². The highest BCUT2D eigenvalue weighted by Crippen LogP contribution is 2.26. The van der Waals surface area contributed by atoms with Crippen LogP contribution in [-0.4, -0.2) is 51.8 Å². The third-order valence-corrected chi connectivity index (χ3v) is 5.80. The van der Waals surface area contributed by atoms with Crippen molar-refractivity contribution in [2.75, 3.05) is 26.2 Å². The zero-order valence-electron chi connectivity index (χ0n) is 15.6. The number of aryl methyl sites for hydroxylation is 1. The maximum absolute atomic E-state index is 8.99. The number of hydrogen-bond donors (Lipinski definition) is 0. The van der Waals surface area contributed by atoms with Gasteiger partial charge in [-0.25, -0.2) is 0 Å². The Bertz CT molecular complexity index is 772. The van der Waals surface area contributed by atoms with Gasteiger partial charge in [0.05, 0.1) is 17.3 Å². The summed E-state index contributed by atoms with van der Waals surface area (Å²) in [6, 6.07) is 10.7. The topological polar surface area (TPSA) is 48.1 Å². The SMILES string of the molecule is Cn1cc(CN2CCC(N3CCCC3)CC2)c(-c2ccc(C#N)cc2)n1. The van der Waals surface area contributed by atoms with Crippen LogP contribution >= 0.6 is 0 Å². The number of nitrogens with zero attached hydrogens (tertiary/aromatic N) is 5. The quantitative estimate of drug-likeness (QED) is 0.851. The molecule has 0 radical (unpaired) electrons. The van der Waals surface area contributed by atoms with Gasteiger partial charge < -0.3 is 4.90 Å². The molecule has 1 aromatic heterocycles. The molecule has 2 fully saturated rings. The molecule has 0 bridgehead atoms. The first-order valence-corrected chi connectivity index (χ1v) is 9.72. The van der Waals surface area contributed by atoms with Crippen molar-refractivity contribution in [2.24, 2.45) is 7.05 Å². The van der Waals surface area contributed by atoms with E-state index in [1.165, 1.54) is 57.4 Å². The number of aromatic nitrogens is 2. The summed E-state index contributed by atoms with van der Waals surface area (Å²) < 4.78 is 1.90. The Kier molecular flexibility index (Phi) is 5.05. The Balaban J connectivity index is 1.43. The van der Waals surface area contributed by atoms with E-state index < -0.39 is 0 Å². The summed E-state index contributed by atoms with van der Waals surface area (Å²) in [5.74, 6) is 0. The maximum atomic E-state index is 8.99. The van der Waals surface area contributed by atoms with Gasteiger partial charge in [-0.3, -0.25) is 9.58 Å². The summed E-state index contributed by atoms with van der Waals surface area (Å²) in [6.45, 7) is 5.90. The first-order chi connectivity index (χ1) is 12.7. The molecule has 0 N–H and O–H groups in total. The van der Waals surface area contributed by atoms with Crippen molar-refractivity contribution in [3.8, 4) is 17.3 Å². The van der Waals surface area contributed by atoms with Crippen LogP contribution in [0.2, 0.25) is 0 Å². The maximum Gasteiger partial charge on any atom is 0.0991 e. The predicted octanol–water partition coefficient (Wildman–Crippen LogP) is 3.02. The van der Waals surface area contributed by atoms with Crippen molar-refractivity contribution >= 4 is 0 Å². The van der Waals surface area contributed by atoms with E-state index in [4.69, 9.17) is 5.26 Å². The van der Waals surface area contributed by atoms with E-state index in [1.54, 1.807) is 0 Å². The lowest BCUT2D eigenvalue weighted by Crippen LogP contribution is -2.43. The Morgan fingerprint density at radius 2 is 1.77 bits per heavy atom. The van der Waals surface area contributed by atoms with E-state index in [0.717, 1.165) is 23.8 Å². The van der Waals surface area contributed by atoms with Crippen LogP contribution in [0.25, 0.3) is 11.3 Å². The summed E-state index contributed by atoms with van der Waals surface area (Å²) in [5.41, 5.74) is 4.09. The zero-order chi connectivity index (χ0) is 17.9. The second kappa shape index (κ2) is 7.61. The molecule has 0 saturated carbocycles. The van der Waals surface area contributed by atoms with Crippen LogP contribution in [0.15, 0.2) is 30.5 Å². The number of benzene rings is 1. The van der Waals surface area contributed by atoms with E-state index in [9.17, 15) is 0 Å². The predicted molar refractivity (Wildman–Crippen MR) is 102 cm³/mol. The molecule has 0 aliphatic carbocycles. The van der Waals surface area contributed by atoms with Crippen LogP contribution in [0.5, 0.6) is 0 Å². The Labute approximate surface area is 155 Å². The largest absolute Gasteiger partial charge is 0.300 e. The molecule has 0 amide bonds. The number of rotatable bonds is 4. The van der Waals surface area contributed by atoms with Gasteiger partial charge in [-0.05, 0) is 64.0 Å². The van der Waals surface area contributed by atoms with Crippen LogP contribution in [0.4, 0.5) is 0 Å². The first-order valence-electron chi connectivity index (χ1n) is 9.72. The highest BCUT2D eigenvalue weighted by atomic mass is 15.3. The average Bonchev–Trinajstić information content (AvgIpc) is 3.32. The third kappa shape index (κ3) is 3.67. The summed E-state index contributed by atoms with van der Waals surface area (Å²) >= 11 is 0. The summed E-state index contributed by atoms with van der Waals surface area (Å²) in [5, 5.41) is 13.7. The first kappa shape index (κ1) is 17.3. The van der Waals surface area contributed by atoms with Crippen molar-refractivity contribution in [3.63, 3.8) is 0 Å². The normalized spacial score (nSPS) is 19.7. The molecular weight excluding hydrogens is 322 g/mol. The van der Waals surface area contributed by atoms with Crippen LogP contribution < -0.4 is 0 Å². The van der Waals surface area contributed by atoms with E-state index >= 15 is 0 Å². The van der Waals surface area contributed by atoms with Crippen LogP contribution in [0.1, 0.15) is 36.8 Å². The Morgan fingerprint density at radius 1 is 1.08 bits per heavy atom. The minimum Gasteiger partial charge on any atom is -0.300 e. The van der Waals surface area contributed by atoms with Crippen molar-refractivity contribution in [1.29, 1.82) is 5.26 Å². The monoisotopic (exact) mass is 349 g/mol. The molecule has 1 aromatic carbocycles. The lowest BCUT2D eigenvalue weighted by molar-refractivity contribution is 0.123. The van der Waals surface area contributed by atoms with E-state index in [2.05, 4.69) is 27.2 Å². The molecule has 5 heteroatoms. The molecule has 26 heavy (non-hydrogen) atoms. The molecule has 3 heterocycles. The Hall–Kier alpha value is -2.16. The molecule has 2 aliphatic heterocycles. The molecule has 5 nitrogen and oxygen atoms in total. The van der Waals surface area contributed by atoms with Gasteiger partial charge in [0.25, 0.3) is 0 Å². The fourth-order valence-electron chi connectivity index (χ4n) is 4.39. The van der Waals surface area contributed by atoms with E-state index in [-0.39, 0.29) is 0 Å². The minimum atomic E-state index is 0.690. The fourth-order valence-corrected chi connectivity index (χ4v) is 4.39. The number of nitriles is 1. The van der Waals surface area contributed by atoms with E-state index in [1.807, 2.05) is 36.0 Å². The zero-order valence-corrected chi connectivity index (χ0v) is 15.6. The van der Waals surface area contributed by atoms with E-state index in [0.29, 0.717) is 5.56 Å². The van der Waals surface area contributed by atoms with Crippen molar-refractivity contribution in [1.82, 2.24) is 19.6 Å². The van der Waals surface area contributed by atoms with Crippen LogP contribution in [0, 0.1) is 11.3 Å². The second-order valence-electron chi connectivity index (χ2n) is 7.62. The number of hydrogen-bond acceptors (Lipinski definition) is 4. The van der Waals surface area contributed by atoms with Crippen molar-refractivity contribution in [2.45, 2.75) is 38.3 Å². The van der Waals surface area contributed by atoms with Gasteiger partial charge in [-0.1, -0.05) is 12.1 Å². The van der Waals surface area contributed by atoms with Crippen LogP contribution in [-0.2, 0) is 13.6 Å². The summed E-state index contributed by atoms with van der Waals surface area (Å²) in [6.07, 6.45) is 7.47. The van der Waals surface area contributed by atoms with Gasteiger partial charge in [0.15, 0.2) is 0 Å². The van der Waals surface area contributed by atoms with Gasteiger partial charge >= 0.3 is 0 Å². The molecule has 0 atom stereocenters. The second-order valence-corrected chi connectivity index (χ2v) is 7.62. The third-order valence-electron chi connectivity index (χ3n) is 5.80. The highest BCUT2D eigenvalue weighted by Gasteiger charge is 2.27. The van der Waals surface area contributed by atoms with Crippen molar-refractivity contribution in [3.05, 3.63) is 41.6 Å². The van der Waals surface area contributed by atoms with Gasteiger partial charge in [-0.2, -0.15) is 10.4 Å². The summed E-state index contributed by atoms with van der Waals surface area (Å²) in [7, 11) is 1.98. The number of likely N-dealkylation sites (tertiary alicyclic amines) is 2. The number of piperidine rings is 1. The lowest BCUT2D eigenvalue weighted by atomic mass is 10.0.